The number of nitrogens with zero attached hydrogens (tertiary/aromatic N) is 1. The number of benzene rings is 1. The molecule has 0 bridgehead atoms. The summed E-state index contributed by atoms with van der Waals surface area (Å²) in [5, 5.41) is 11.8. The van der Waals surface area contributed by atoms with Crippen LogP contribution in [0, 0.1) is 0 Å². The van der Waals surface area contributed by atoms with Crippen LogP contribution in [0.5, 0.6) is 0 Å². The van der Waals surface area contributed by atoms with Gasteiger partial charge in [-0.25, -0.2) is 9.59 Å². The zero-order chi connectivity index (χ0) is 22.1. The third-order valence-electron chi connectivity index (χ3n) is 3.61. The van der Waals surface area contributed by atoms with E-state index in [9.17, 15) is 9.59 Å². The minimum absolute atomic E-state index is 0. The van der Waals surface area contributed by atoms with E-state index >= 15 is 0 Å². The monoisotopic (exact) mass is 535 g/mol. The van der Waals surface area contributed by atoms with Crippen LogP contribution in [0.3, 0.4) is 0 Å². The van der Waals surface area contributed by atoms with Gasteiger partial charge in [0.2, 0.25) is 0 Å². The molecule has 0 radical (unpaired) electrons. The predicted molar refractivity (Wildman–Crippen MR) is 130 cm³/mol. The molecular weight excluding hydrogens is 501 g/mol. The number of ether oxygens (including phenoxy) is 2. The summed E-state index contributed by atoms with van der Waals surface area (Å²) in [6.07, 6.45) is -0.976. The van der Waals surface area contributed by atoms with Crippen LogP contribution in [0.15, 0.2) is 29.3 Å². The summed E-state index contributed by atoms with van der Waals surface area (Å²) in [7, 11) is 2.99. The zero-order valence-corrected chi connectivity index (χ0v) is 21.0. The standard InChI is InChI=1S/C20H33N5O4.HI/c1-19(2,3)29-18(27)25-20(4,5)13-23-16(21-6)22-12-14-8-10-15(11-9-14)24-17(26)28-7;/h8-11H,12-13H2,1-7H3,(H,24,26)(H,25,27)(H2,21,22,23);1H. The van der Waals surface area contributed by atoms with E-state index in [1.54, 1.807) is 19.2 Å². The van der Waals surface area contributed by atoms with E-state index in [2.05, 4.69) is 31.0 Å². The molecule has 10 heteroatoms. The van der Waals surface area contributed by atoms with Crippen LogP contribution in [0.25, 0.3) is 0 Å². The third kappa shape index (κ3) is 11.7. The van der Waals surface area contributed by atoms with Gasteiger partial charge in [-0.2, -0.15) is 0 Å². The number of methoxy groups -OCH3 is 1. The van der Waals surface area contributed by atoms with Crippen LogP contribution in [0.1, 0.15) is 40.2 Å². The van der Waals surface area contributed by atoms with Gasteiger partial charge in [-0.3, -0.25) is 10.3 Å². The Morgan fingerprint density at radius 1 is 1.00 bits per heavy atom. The second-order valence-electron chi connectivity index (χ2n) is 8.10. The molecule has 0 unspecified atom stereocenters. The van der Waals surface area contributed by atoms with Gasteiger partial charge in [-0.1, -0.05) is 12.1 Å². The number of alkyl carbamates (subject to hydrolysis) is 1. The maximum atomic E-state index is 12.0. The first-order valence-electron chi connectivity index (χ1n) is 9.34. The maximum Gasteiger partial charge on any atom is 0.411 e. The van der Waals surface area contributed by atoms with Crippen molar-refractivity contribution in [1.82, 2.24) is 16.0 Å². The Bertz CT molecular complexity index is 715. The maximum absolute atomic E-state index is 12.0. The number of hydrogen-bond acceptors (Lipinski definition) is 5. The molecule has 0 aromatic heterocycles. The summed E-state index contributed by atoms with van der Waals surface area (Å²) in [6, 6.07) is 7.36. The first-order chi connectivity index (χ1) is 13.4. The second kappa shape index (κ2) is 12.5. The van der Waals surface area contributed by atoms with Crippen molar-refractivity contribution in [3.63, 3.8) is 0 Å². The highest BCUT2D eigenvalue weighted by Crippen LogP contribution is 2.10. The van der Waals surface area contributed by atoms with E-state index in [0.29, 0.717) is 24.7 Å². The fourth-order valence-corrected chi connectivity index (χ4v) is 2.21. The van der Waals surface area contributed by atoms with E-state index < -0.39 is 23.3 Å². The number of rotatable bonds is 6. The van der Waals surface area contributed by atoms with Crippen LogP contribution >= 0.6 is 24.0 Å². The molecule has 4 N–H and O–H groups in total. The van der Waals surface area contributed by atoms with Crippen LogP contribution in [0.2, 0.25) is 0 Å². The van der Waals surface area contributed by atoms with Crippen LogP contribution < -0.4 is 21.3 Å². The van der Waals surface area contributed by atoms with Crippen molar-refractivity contribution in [2.24, 2.45) is 4.99 Å². The SMILES string of the molecule is CN=C(NCc1ccc(NC(=O)OC)cc1)NCC(C)(C)NC(=O)OC(C)(C)C.I. The Labute approximate surface area is 195 Å². The van der Waals surface area contributed by atoms with Gasteiger partial charge >= 0.3 is 12.2 Å². The van der Waals surface area contributed by atoms with Crippen molar-refractivity contribution in [1.29, 1.82) is 0 Å². The number of carbonyl (C=O) groups is 2. The average Bonchev–Trinajstić information content (AvgIpc) is 2.60. The number of guanidine groups is 1. The summed E-state index contributed by atoms with van der Waals surface area (Å²) >= 11 is 0. The Kier molecular flexibility index (Phi) is 11.5. The highest BCUT2D eigenvalue weighted by molar-refractivity contribution is 14.0. The molecule has 0 aliphatic rings. The molecule has 0 fully saturated rings. The van der Waals surface area contributed by atoms with Gasteiger partial charge in [-0.15, -0.1) is 24.0 Å². The van der Waals surface area contributed by atoms with E-state index in [-0.39, 0.29) is 24.0 Å². The fourth-order valence-electron chi connectivity index (χ4n) is 2.21. The lowest BCUT2D eigenvalue weighted by atomic mass is 10.1. The summed E-state index contributed by atoms with van der Waals surface area (Å²) in [5.41, 5.74) is 0.571. The second-order valence-corrected chi connectivity index (χ2v) is 8.10. The molecule has 0 spiro atoms. The lowest BCUT2D eigenvalue weighted by Crippen LogP contribution is -2.54. The molecule has 0 aliphatic heterocycles. The van der Waals surface area contributed by atoms with Crippen LogP contribution in [-0.2, 0) is 16.0 Å². The molecule has 9 nitrogen and oxygen atoms in total. The molecule has 0 saturated carbocycles. The summed E-state index contributed by atoms with van der Waals surface area (Å²) in [6.45, 7) is 10.2. The molecule has 0 aliphatic carbocycles. The van der Waals surface area contributed by atoms with Crippen LogP contribution in [0.4, 0.5) is 15.3 Å². The Hall–Kier alpha value is -2.24. The van der Waals surface area contributed by atoms with E-state index in [4.69, 9.17) is 4.74 Å². The van der Waals surface area contributed by atoms with Crippen molar-refractivity contribution >= 4 is 47.8 Å². The predicted octanol–water partition coefficient (Wildman–Crippen LogP) is 3.45. The molecule has 1 aromatic rings. The molecule has 170 valence electrons. The molecule has 0 atom stereocenters. The molecule has 0 heterocycles. The Morgan fingerprint density at radius 3 is 2.10 bits per heavy atom. The van der Waals surface area contributed by atoms with Crippen molar-refractivity contribution in [2.45, 2.75) is 52.3 Å². The Morgan fingerprint density at radius 2 is 1.60 bits per heavy atom. The van der Waals surface area contributed by atoms with Crippen molar-refractivity contribution in [3.8, 4) is 0 Å². The molecule has 30 heavy (non-hydrogen) atoms. The number of carbonyl (C=O) groups excluding carboxylic acids is 2. The summed E-state index contributed by atoms with van der Waals surface area (Å²) < 4.78 is 9.85. The van der Waals surface area contributed by atoms with Gasteiger partial charge in [0.05, 0.1) is 12.6 Å². The fraction of sp³-hybridized carbons (Fsp3) is 0.550. The smallest absolute Gasteiger partial charge is 0.411 e. The number of anilines is 1. The molecule has 1 aromatic carbocycles. The minimum atomic E-state index is -0.549. The number of nitrogens with one attached hydrogen (secondary N) is 4. The first kappa shape index (κ1) is 27.8. The quantitative estimate of drug-likeness (QED) is 0.252. The molecular formula is C20H34IN5O4. The number of hydrogen-bond donors (Lipinski definition) is 4. The van der Waals surface area contributed by atoms with Crippen molar-refractivity contribution in [2.75, 3.05) is 26.0 Å². The lowest BCUT2D eigenvalue weighted by molar-refractivity contribution is 0.0474. The highest BCUT2D eigenvalue weighted by Gasteiger charge is 2.24. The Balaban J connectivity index is 0.00000841. The van der Waals surface area contributed by atoms with Gasteiger partial charge in [0.15, 0.2) is 5.96 Å². The normalized spacial score (nSPS) is 11.6. The van der Waals surface area contributed by atoms with Gasteiger partial charge in [0, 0.05) is 25.8 Å². The number of amides is 2. The highest BCUT2D eigenvalue weighted by atomic mass is 127. The van der Waals surface area contributed by atoms with Crippen molar-refractivity contribution < 1.29 is 19.1 Å². The third-order valence-corrected chi connectivity index (χ3v) is 3.61. The van der Waals surface area contributed by atoms with Crippen LogP contribution in [-0.4, -0.2) is 50.0 Å². The van der Waals surface area contributed by atoms with Gasteiger partial charge in [0.25, 0.3) is 0 Å². The lowest BCUT2D eigenvalue weighted by Gasteiger charge is -2.29. The van der Waals surface area contributed by atoms with Gasteiger partial charge in [-0.05, 0) is 52.3 Å². The minimum Gasteiger partial charge on any atom is -0.453 e. The van der Waals surface area contributed by atoms with E-state index in [1.165, 1.54) is 7.11 Å². The average molecular weight is 535 g/mol. The summed E-state index contributed by atoms with van der Waals surface area (Å²) in [5.74, 6) is 0.598. The largest absolute Gasteiger partial charge is 0.453 e. The van der Waals surface area contributed by atoms with Crippen molar-refractivity contribution in [3.05, 3.63) is 29.8 Å². The van der Waals surface area contributed by atoms with E-state index in [0.717, 1.165) is 5.56 Å². The molecule has 1 rings (SSSR count). The van der Waals surface area contributed by atoms with Gasteiger partial charge < -0.3 is 25.4 Å². The first-order valence-corrected chi connectivity index (χ1v) is 9.34. The summed E-state index contributed by atoms with van der Waals surface area (Å²) in [4.78, 5) is 27.4. The molecule has 2 amide bonds. The zero-order valence-electron chi connectivity index (χ0n) is 18.7. The molecule has 0 saturated heterocycles. The number of halogens is 1. The van der Waals surface area contributed by atoms with E-state index in [1.807, 2.05) is 46.8 Å². The number of aliphatic imine (C=N–C) groups is 1. The van der Waals surface area contributed by atoms with Gasteiger partial charge in [0.1, 0.15) is 5.60 Å². The topological polar surface area (TPSA) is 113 Å².